The van der Waals surface area contributed by atoms with Crippen molar-refractivity contribution in [2.24, 2.45) is 0 Å². The lowest BCUT2D eigenvalue weighted by atomic mass is 9.77. The second kappa shape index (κ2) is 3.30. The maximum Gasteiger partial charge on any atom is 0.483 e. The van der Waals surface area contributed by atoms with Crippen LogP contribution < -0.4 is 0 Å². The summed E-state index contributed by atoms with van der Waals surface area (Å²) in [5.41, 5.74) is 0.772. The Hall–Kier alpha value is 0.0749. The first-order valence-corrected chi connectivity index (χ1v) is 4.09. The van der Waals surface area contributed by atoms with Crippen molar-refractivity contribution in [2.45, 2.75) is 6.42 Å². The summed E-state index contributed by atoms with van der Waals surface area (Å²) in [6.45, 7) is 0. The van der Waals surface area contributed by atoms with Gasteiger partial charge in [0.05, 0.1) is 0 Å². The highest BCUT2D eigenvalue weighted by Gasteiger charge is 2.15. The molecular weight excluding hydrogens is 135 g/mol. The minimum Gasteiger partial charge on any atom is -0.423 e. The highest BCUT2D eigenvalue weighted by atomic mass is 32.2. The van der Waals surface area contributed by atoms with Crippen LogP contribution in [0.3, 0.4) is 0 Å². The van der Waals surface area contributed by atoms with Crippen LogP contribution in [0.15, 0.2) is 11.5 Å². The molecule has 1 heterocycles. The lowest BCUT2D eigenvalue weighted by Gasteiger charge is -2.10. The van der Waals surface area contributed by atoms with Gasteiger partial charge >= 0.3 is 7.12 Å². The van der Waals surface area contributed by atoms with Crippen molar-refractivity contribution in [1.82, 2.24) is 0 Å². The summed E-state index contributed by atoms with van der Waals surface area (Å²) in [5, 5.41) is 17.3. The molecule has 0 aromatic heterocycles. The van der Waals surface area contributed by atoms with E-state index < -0.39 is 7.12 Å². The first-order valence-electron chi connectivity index (χ1n) is 2.93. The molecule has 9 heavy (non-hydrogen) atoms. The highest BCUT2D eigenvalue weighted by molar-refractivity contribution is 7.99. The first-order chi connectivity index (χ1) is 4.30. The molecule has 0 saturated heterocycles. The molecule has 0 bridgehead atoms. The van der Waals surface area contributed by atoms with Gasteiger partial charge in [0.15, 0.2) is 0 Å². The van der Waals surface area contributed by atoms with Gasteiger partial charge in [-0.1, -0.05) is 6.08 Å². The topological polar surface area (TPSA) is 40.5 Å². The van der Waals surface area contributed by atoms with Crippen molar-refractivity contribution in [1.29, 1.82) is 0 Å². The fourth-order valence-corrected chi connectivity index (χ4v) is 1.65. The Kier molecular flexibility index (Phi) is 2.63. The summed E-state index contributed by atoms with van der Waals surface area (Å²) in [6, 6.07) is 0. The van der Waals surface area contributed by atoms with Gasteiger partial charge in [0.1, 0.15) is 0 Å². The molecule has 0 amide bonds. The summed E-state index contributed by atoms with van der Waals surface area (Å²) in [7, 11) is -1.22. The maximum atomic E-state index is 8.66. The van der Waals surface area contributed by atoms with Crippen LogP contribution in [0.2, 0.25) is 0 Å². The van der Waals surface area contributed by atoms with Gasteiger partial charge in [-0.2, -0.15) is 11.8 Å². The summed E-state index contributed by atoms with van der Waals surface area (Å²) >= 11 is 1.82. The minimum atomic E-state index is -1.22. The fourth-order valence-electron chi connectivity index (χ4n) is 0.776. The second-order valence-corrected chi connectivity index (χ2v) is 3.13. The van der Waals surface area contributed by atoms with Gasteiger partial charge in [0.25, 0.3) is 0 Å². The molecule has 1 aliphatic heterocycles. The normalized spacial score (nSPS) is 19.1. The van der Waals surface area contributed by atoms with E-state index in [0.717, 1.165) is 23.4 Å². The van der Waals surface area contributed by atoms with E-state index in [0.29, 0.717) is 0 Å². The van der Waals surface area contributed by atoms with Crippen LogP contribution in [-0.4, -0.2) is 28.7 Å². The van der Waals surface area contributed by atoms with Crippen LogP contribution in [-0.2, 0) is 0 Å². The molecule has 0 unspecified atom stereocenters. The monoisotopic (exact) mass is 144 g/mol. The zero-order valence-electron chi connectivity index (χ0n) is 5.08. The van der Waals surface area contributed by atoms with E-state index in [-0.39, 0.29) is 0 Å². The fraction of sp³-hybridized carbons (Fsp3) is 0.600. The largest absolute Gasteiger partial charge is 0.483 e. The molecule has 0 spiro atoms. The number of hydrogen-bond donors (Lipinski definition) is 2. The predicted octanol–water partition coefficient (Wildman–Crippen LogP) is 0.0617. The van der Waals surface area contributed by atoms with Crippen LogP contribution in [0.4, 0.5) is 0 Å². The molecule has 0 aromatic carbocycles. The SMILES string of the molecule is OB(O)C1=CCSCC1. The van der Waals surface area contributed by atoms with E-state index in [4.69, 9.17) is 10.0 Å². The minimum absolute atomic E-state index is 0.772. The standard InChI is InChI=1S/C5H9BO2S/c7-6(8)5-1-3-9-4-2-5/h1,7-8H,2-4H2. The summed E-state index contributed by atoms with van der Waals surface area (Å²) < 4.78 is 0. The smallest absolute Gasteiger partial charge is 0.423 e. The number of thioether (sulfide) groups is 1. The van der Waals surface area contributed by atoms with Crippen LogP contribution in [0, 0.1) is 0 Å². The Morgan fingerprint density at radius 2 is 2.33 bits per heavy atom. The lowest BCUT2D eigenvalue weighted by molar-refractivity contribution is 0.417. The third-order valence-electron chi connectivity index (χ3n) is 1.33. The van der Waals surface area contributed by atoms with Crippen molar-refractivity contribution in [2.75, 3.05) is 11.5 Å². The van der Waals surface area contributed by atoms with Gasteiger partial charge in [-0.15, -0.1) is 0 Å². The zero-order valence-corrected chi connectivity index (χ0v) is 5.90. The molecule has 2 nitrogen and oxygen atoms in total. The molecule has 1 aliphatic rings. The molecule has 0 fully saturated rings. The Morgan fingerprint density at radius 1 is 1.56 bits per heavy atom. The molecule has 50 valence electrons. The van der Waals surface area contributed by atoms with Crippen molar-refractivity contribution >= 4 is 18.9 Å². The number of hydrogen-bond acceptors (Lipinski definition) is 3. The Morgan fingerprint density at radius 3 is 2.67 bits per heavy atom. The van der Waals surface area contributed by atoms with E-state index in [9.17, 15) is 0 Å². The molecule has 4 heteroatoms. The number of allylic oxidation sites excluding steroid dienone is 1. The predicted molar refractivity (Wildman–Crippen MR) is 40.2 cm³/mol. The molecule has 0 aliphatic carbocycles. The second-order valence-electron chi connectivity index (χ2n) is 1.98. The van der Waals surface area contributed by atoms with Crippen LogP contribution in [0.5, 0.6) is 0 Å². The van der Waals surface area contributed by atoms with Crippen LogP contribution in [0.25, 0.3) is 0 Å². The van der Waals surface area contributed by atoms with Gasteiger partial charge < -0.3 is 10.0 Å². The molecule has 1 rings (SSSR count). The van der Waals surface area contributed by atoms with Crippen molar-refractivity contribution in [3.8, 4) is 0 Å². The third-order valence-corrected chi connectivity index (χ3v) is 2.23. The van der Waals surface area contributed by atoms with E-state index >= 15 is 0 Å². The van der Waals surface area contributed by atoms with Gasteiger partial charge in [-0.3, -0.25) is 0 Å². The Balaban J connectivity index is 2.46. The molecule has 0 atom stereocenters. The van der Waals surface area contributed by atoms with E-state index in [2.05, 4.69) is 0 Å². The summed E-state index contributed by atoms with van der Waals surface area (Å²) in [4.78, 5) is 0. The van der Waals surface area contributed by atoms with E-state index in [1.807, 2.05) is 17.8 Å². The number of rotatable bonds is 1. The van der Waals surface area contributed by atoms with E-state index in [1.165, 1.54) is 0 Å². The van der Waals surface area contributed by atoms with Crippen LogP contribution >= 0.6 is 11.8 Å². The molecule has 0 saturated carbocycles. The Labute approximate surface area is 59.1 Å². The first kappa shape index (κ1) is 7.19. The quantitative estimate of drug-likeness (QED) is 0.511. The average Bonchev–Trinajstić information content (AvgIpc) is 1.90. The molecule has 0 aromatic rings. The third kappa shape index (κ3) is 2.04. The van der Waals surface area contributed by atoms with Crippen molar-refractivity contribution < 1.29 is 10.0 Å². The van der Waals surface area contributed by atoms with Gasteiger partial charge in [-0.05, 0) is 17.6 Å². The molecule has 0 radical (unpaired) electrons. The van der Waals surface area contributed by atoms with Crippen LogP contribution in [0.1, 0.15) is 6.42 Å². The molecular formula is C5H9BO2S. The van der Waals surface area contributed by atoms with Gasteiger partial charge in [0.2, 0.25) is 0 Å². The van der Waals surface area contributed by atoms with E-state index in [1.54, 1.807) is 0 Å². The summed E-state index contributed by atoms with van der Waals surface area (Å²) in [6.07, 6.45) is 2.71. The van der Waals surface area contributed by atoms with Crippen molar-refractivity contribution in [3.63, 3.8) is 0 Å². The summed E-state index contributed by atoms with van der Waals surface area (Å²) in [5.74, 6) is 1.94. The molecule has 2 N–H and O–H groups in total. The lowest BCUT2D eigenvalue weighted by Crippen LogP contribution is -2.18. The van der Waals surface area contributed by atoms with Crippen molar-refractivity contribution in [3.05, 3.63) is 11.5 Å². The zero-order chi connectivity index (χ0) is 6.69. The average molecular weight is 144 g/mol. The van der Waals surface area contributed by atoms with Gasteiger partial charge in [0, 0.05) is 5.75 Å². The highest BCUT2D eigenvalue weighted by Crippen LogP contribution is 2.16. The maximum absolute atomic E-state index is 8.66. The Bertz CT molecular complexity index is 124. The van der Waals surface area contributed by atoms with Gasteiger partial charge in [-0.25, -0.2) is 0 Å².